The minimum Gasteiger partial charge on any atom is -0.353 e. The first-order chi connectivity index (χ1) is 12.0. The molecule has 138 valence electrons. The summed E-state index contributed by atoms with van der Waals surface area (Å²) in [4.78, 5) is 17.3. The predicted molar refractivity (Wildman–Crippen MR) is 100 cm³/mol. The summed E-state index contributed by atoms with van der Waals surface area (Å²) in [5.74, 6) is 1.08. The van der Waals surface area contributed by atoms with E-state index < -0.39 is 0 Å². The molecule has 6 heteroatoms. The maximum Gasteiger partial charge on any atom is 0.272 e. The summed E-state index contributed by atoms with van der Waals surface area (Å²) in [5.41, 5.74) is 1.50. The van der Waals surface area contributed by atoms with Crippen molar-refractivity contribution < 1.29 is 4.79 Å². The second-order valence-corrected chi connectivity index (χ2v) is 7.76. The van der Waals surface area contributed by atoms with Crippen molar-refractivity contribution in [2.24, 2.45) is 0 Å². The zero-order chi connectivity index (χ0) is 17.8. The molecule has 1 saturated heterocycles. The topological polar surface area (TPSA) is 61.4 Å². The average molecular weight is 345 g/mol. The van der Waals surface area contributed by atoms with Gasteiger partial charge in [0.15, 0.2) is 11.5 Å². The molecule has 1 aromatic heterocycles. The van der Waals surface area contributed by atoms with E-state index in [0.717, 1.165) is 50.4 Å². The van der Waals surface area contributed by atoms with E-state index in [1.165, 1.54) is 19.3 Å². The second-order valence-electron chi connectivity index (χ2n) is 7.76. The summed E-state index contributed by atoms with van der Waals surface area (Å²) in [5, 5.41) is 11.9. The minimum atomic E-state index is -0.0620. The SMILES string of the molecule is CC(C)c1cc(N2CCN(C)CC2)nnc1C(=O)NC1CCCCC1. The van der Waals surface area contributed by atoms with Gasteiger partial charge in [-0.3, -0.25) is 4.79 Å². The Morgan fingerprint density at radius 2 is 1.80 bits per heavy atom. The highest BCUT2D eigenvalue weighted by atomic mass is 16.2. The molecule has 3 rings (SSSR count). The van der Waals surface area contributed by atoms with E-state index in [1.54, 1.807) is 0 Å². The largest absolute Gasteiger partial charge is 0.353 e. The van der Waals surface area contributed by atoms with Gasteiger partial charge in [0.2, 0.25) is 0 Å². The number of piperazine rings is 1. The summed E-state index contributed by atoms with van der Waals surface area (Å²) in [6, 6.07) is 2.36. The highest BCUT2D eigenvalue weighted by Crippen LogP contribution is 2.24. The molecule has 1 N–H and O–H groups in total. The van der Waals surface area contributed by atoms with Crippen LogP contribution in [0, 0.1) is 0 Å². The number of carbonyl (C=O) groups excluding carboxylic acids is 1. The first kappa shape index (κ1) is 18.1. The molecule has 1 aliphatic heterocycles. The van der Waals surface area contributed by atoms with Crippen LogP contribution in [0.25, 0.3) is 0 Å². The smallest absolute Gasteiger partial charge is 0.272 e. The zero-order valence-electron chi connectivity index (χ0n) is 15.8. The van der Waals surface area contributed by atoms with E-state index in [0.29, 0.717) is 11.7 Å². The molecule has 0 spiro atoms. The Kier molecular flexibility index (Phi) is 5.89. The molecule has 0 radical (unpaired) electrons. The van der Waals surface area contributed by atoms with Gasteiger partial charge in [0, 0.05) is 32.2 Å². The molecule has 0 aromatic carbocycles. The highest BCUT2D eigenvalue weighted by molar-refractivity contribution is 5.94. The number of aromatic nitrogens is 2. The molecule has 0 bridgehead atoms. The Bertz CT molecular complexity index is 589. The van der Waals surface area contributed by atoms with Crippen LogP contribution in [0.2, 0.25) is 0 Å². The molecule has 1 amide bonds. The Balaban J connectivity index is 1.75. The van der Waals surface area contributed by atoms with E-state index >= 15 is 0 Å². The summed E-state index contributed by atoms with van der Waals surface area (Å²) in [7, 11) is 2.14. The van der Waals surface area contributed by atoms with E-state index in [-0.39, 0.29) is 11.8 Å². The fourth-order valence-electron chi connectivity index (χ4n) is 3.70. The van der Waals surface area contributed by atoms with Crippen LogP contribution in [-0.2, 0) is 0 Å². The number of nitrogens with zero attached hydrogens (tertiary/aromatic N) is 4. The van der Waals surface area contributed by atoms with E-state index in [9.17, 15) is 4.79 Å². The molecule has 25 heavy (non-hydrogen) atoms. The molecule has 2 fully saturated rings. The lowest BCUT2D eigenvalue weighted by molar-refractivity contribution is 0.0920. The van der Waals surface area contributed by atoms with Crippen LogP contribution in [0.5, 0.6) is 0 Å². The third kappa shape index (κ3) is 4.48. The van der Waals surface area contributed by atoms with Gasteiger partial charge in [-0.25, -0.2) is 0 Å². The Morgan fingerprint density at radius 1 is 1.12 bits per heavy atom. The van der Waals surface area contributed by atoms with Crippen molar-refractivity contribution in [3.63, 3.8) is 0 Å². The molecule has 6 nitrogen and oxygen atoms in total. The molecule has 1 aromatic rings. The monoisotopic (exact) mass is 345 g/mol. The highest BCUT2D eigenvalue weighted by Gasteiger charge is 2.23. The lowest BCUT2D eigenvalue weighted by atomic mass is 9.95. The molecule has 2 heterocycles. The number of likely N-dealkylation sites (N-methyl/N-ethyl adjacent to an activating group) is 1. The maximum absolute atomic E-state index is 12.7. The first-order valence-electron chi connectivity index (χ1n) is 9.66. The van der Waals surface area contributed by atoms with E-state index in [1.807, 2.05) is 0 Å². The van der Waals surface area contributed by atoms with Crippen LogP contribution in [0.15, 0.2) is 6.07 Å². The number of amides is 1. The predicted octanol–water partition coefficient (Wildman–Crippen LogP) is 2.41. The Morgan fingerprint density at radius 3 is 2.44 bits per heavy atom. The summed E-state index contributed by atoms with van der Waals surface area (Å²) in [6.45, 7) is 8.20. The van der Waals surface area contributed by atoms with Gasteiger partial charge in [0.25, 0.3) is 5.91 Å². The molecule has 0 atom stereocenters. The van der Waals surface area contributed by atoms with Gasteiger partial charge in [0.1, 0.15) is 0 Å². The average Bonchev–Trinajstić information content (AvgIpc) is 2.62. The number of rotatable bonds is 4. The molecular weight excluding hydrogens is 314 g/mol. The summed E-state index contributed by atoms with van der Waals surface area (Å²) in [6.07, 6.45) is 5.85. The summed E-state index contributed by atoms with van der Waals surface area (Å²) < 4.78 is 0. The van der Waals surface area contributed by atoms with Gasteiger partial charge in [-0.2, -0.15) is 0 Å². The van der Waals surface area contributed by atoms with Crippen LogP contribution in [0.4, 0.5) is 5.82 Å². The van der Waals surface area contributed by atoms with Crippen LogP contribution in [0.3, 0.4) is 0 Å². The van der Waals surface area contributed by atoms with Crippen LogP contribution in [0.1, 0.15) is 67.9 Å². The minimum absolute atomic E-state index is 0.0620. The van der Waals surface area contributed by atoms with Gasteiger partial charge < -0.3 is 15.1 Å². The van der Waals surface area contributed by atoms with Gasteiger partial charge in [-0.1, -0.05) is 33.1 Å². The first-order valence-corrected chi connectivity index (χ1v) is 9.66. The molecular formula is C19H31N5O. The number of anilines is 1. The second kappa shape index (κ2) is 8.13. The normalized spacial score (nSPS) is 20.1. The van der Waals surface area contributed by atoms with Crippen LogP contribution >= 0.6 is 0 Å². The van der Waals surface area contributed by atoms with Gasteiger partial charge in [0.05, 0.1) is 0 Å². The zero-order valence-corrected chi connectivity index (χ0v) is 15.8. The third-order valence-electron chi connectivity index (χ3n) is 5.42. The fraction of sp³-hybridized carbons (Fsp3) is 0.737. The lowest BCUT2D eigenvalue weighted by Gasteiger charge is -2.33. The number of hydrogen-bond acceptors (Lipinski definition) is 5. The third-order valence-corrected chi connectivity index (χ3v) is 5.42. The van der Waals surface area contributed by atoms with Crippen LogP contribution < -0.4 is 10.2 Å². The Labute approximate surface area is 151 Å². The molecule has 1 saturated carbocycles. The van der Waals surface area contributed by atoms with Crippen molar-refractivity contribution >= 4 is 11.7 Å². The van der Waals surface area contributed by atoms with Crippen molar-refractivity contribution in [1.29, 1.82) is 0 Å². The summed E-state index contributed by atoms with van der Waals surface area (Å²) >= 11 is 0. The van der Waals surface area contributed by atoms with E-state index in [2.05, 4.69) is 52.3 Å². The molecule has 1 aliphatic carbocycles. The van der Waals surface area contributed by atoms with Crippen molar-refractivity contribution in [3.05, 3.63) is 17.3 Å². The van der Waals surface area contributed by atoms with Crippen molar-refractivity contribution in [3.8, 4) is 0 Å². The van der Waals surface area contributed by atoms with Crippen LogP contribution in [-0.4, -0.2) is 60.3 Å². The lowest BCUT2D eigenvalue weighted by Crippen LogP contribution is -2.45. The van der Waals surface area contributed by atoms with E-state index in [4.69, 9.17) is 0 Å². The standard InChI is InChI=1S/C19H31N5O/c1-14(2)16-13-17(24-11-9-23(3)10-12-24)21-22-18(16)19(25)20-15-7-5-4-6-8-15/h13-15H,4-12H2,1-3H3,(H,20,25). The van der Waals surface area contributed by atoms with Gasteiger partial charge >= 0.3 is 0 Å². The Hall–Kier alpha value is -1.69. The quantitative estimate of drug-likeness (QED) is 0.908. The number of carbonyl (C=O) groups is 1. The fourth-order valence-corrected chi connectivity index (χ4v) is 3.70. The molecule has 0 unspecified atom stereocenters. The van der Waals surface area contributed by atoms with Gasteiger partial charge in [-0.15, -0.1) is 10.2 Å². The van der Waals surface area contributed by atoms with Crippen molar-refractivity contribution in [1.82, 2.24) is 20.4 Å². The molecule has 2 aliphatic rings. The maximum atomic E-state index is 12.7. The van der Waals surface area contributed by atoms with Crippen molar-refractivity contribution in [2.75, 3.05) is 38.1 Å². The number of hydrogen-bond donors (Lipinski definition) is 1. The van der Waals surface area contributed by atoms with Crippen molar-refractivity contribution in [2.45, 2.75) is 57.9 Å². The van der Waals surface area contributed by atoms with Gasteiger partial charge in [-0.05, 0) is 37.4 Å². The number of nitrogens with one attached hydrogen (secondary N) is 1.